The number of nitrogens with one attached hydrogen (secondary N) is 1. The van der Waals surface area contributed by atoms with Gasteiger partial charge in [-0.3, -0.25) is 4.57 Å². The minimum atomic E-state index is -0.165. The highest BCUT2D eigenvalue weighted by Gasteiger charge is 2.09. The number of ether oxygens (including phenoxy) is 1. The second-order valence-electron chi connectivity index (χ2n) is 4.13. The fraction of sp³-hybridized carbons (Fsp3) is 0.0714. The average molecular weight is 319 g/mol. The Labute approximate surface area is 117 Å². The van der Waals surface area contributed by atoms with Crippen molar-refractivity contribution in [3.63, 3.8) is 0 Å². The predicted octanol–water partition coefficient (Wildman–Crippen LogP) is 3.09. The summed E-state index contributed by atoms with van der Waals surface area (Å²) in [5.74, 6) is 0.716. The summed E-state index contributed by atoms with van der Waals surface area (Å²) >= 11 is 3.42. The summed E-state index contributed by atoms with van der Waals surface area (Å²) in [7, 11) is 1.60. The van der Waals surface area contributed by atoms with Crippen molar-refractivity contribution in [2.45, 2.75) is 0 Å². The first-order chi connectivity index (χ1) is 9.19. The van der Waals surface area contributed by atoms with Gasteiger partial charge in [-0.15, -0.1) is 0 Å². The van der Waals surface area contributed by atoms with Gasteiger partial charge in [-0.2, -0.15) is 0 Å². The number of halogens is 1. The van der Waals surface area contributed by atoms with Gasteiger partial charge < -0.3 is 9.72 Å². The molecule has 0 spiro atoms. The van der Waals surface area contributed by atoms with Crippen molar-refractivity contribution < 1.29 is 4.74 Å². The number of rotatable bonds is 2. The topological polar surface area (TPSA) is 47.0 Å². The van der Waals surface area contributed by atoms with Crippen molar-refractivity contribution in [2.75, 3.05) is 7.11 Å². The van der Waals surface area contributed by atoms with Crippen LogP contribution in [0.15, 0.2) is 51.7 Å². The van der Waals surface area contributed by atoms with E-state index in [4.69, 9.17) is 4.74 Å². The van der Waals surface area contributed by atoms with Gasteiger partial charge in [0.25, 0.3) is 0 Å². The summed E-state index contributed by atoms with van der Waals surface area (Å²) in [6.45, 7) is 0. The van der Waals surface area contributed by atoms with E-state index in [1.807, 2.05) is 42.5 Å². The number of aromatic nitrogens is 2. The highest BCUT2D eigenvalue weighted by molar-refractivity contribution is 9.10. The van der Waals surface area contributed by atoms with Gasteiger partial charge in [0.1, 0.15) is 5.75 Å². The number of nitrogens with zero attached hydrogens (tertiary/aromatic N) is 1. The Kier molecular flexibility index (Phi) is 2.91. The maximum absolute atomic E-state index is 12.1. The predicted molar refractivity (Wildman–Crippen MR) is 78.1 cm³/mol. The summed E-state index contributed by atoms with van der Waals surface area (Å²) in [5.41, 5.74) is 2.23. The molecule has 0 saturated heterocycles. The van der Waals surface area contributed by atoms with Gasteiger partial charge in [0.2, 0.25) is 0 Å². The SMILES string of the molecule is COc1cccc(-n2c(=O)[nH]c3ccc(Br)cc32)c1. The molecule has 1 heterocycles. The molecule has 0 atom stereocenters. The first-order valence-corrected chi connectivity index (χ1v) is 6.53. The number of hydrogen-bond donors (Lipinski definition) is 1. The maximum Gasteiger partial charge on any atom is 0.331 e. The summed E-state index contributed by atoms with van der Waals surface area (Å²) in [6, 6.07) is 13.1. The highest BCUT2D eigenvalue weighted by atomic mass is 79.9. The van der Waals surface area contributed by atoms with E-state index >= 15 is 0 Å². The van der Waals surface area contributed by atoms with Gasteiger partial charge in [0.05, 0.1) is 23.8 Å². The van der Waals surface area contributed by atoms with Crippen molar-refractivity contribution in [2.24, 2.45) is 0 Å². The summed E-state index contributed by atoms with van der Waals surface area (Å²) < 4.78 is 7.75. The first-order valence-electron chi connectivity index (χ1n) is 5.74. The van der Waals surface area contributed by atoms with Crippen LogP contribution < -0.4 is 10.4 Å². The molecule has 0 aliphatic carbocycles. The van der Waals surface area contributed by atoms with Crippen LogP contribution in [0.2, 0.25) is 0 Å². The molecule has 4 nitrogen and oxygen atoms in total. The fourth-order valence-corrected chi connectivity index (χ4v) is 2.43. The fourth-order valence-electron chi connectivity index (χ4n) is 2.08. The standard InChI is InChI=1S/C14H11BrN2O2/c1-19-11-4-2-3-10(8-11)17-13-7-9(15)5-6-12(13)16-14(17)18/h2-8H,1H3,(H,16,18). The van der Waals surface area contributed by atoms with Gasteiger partial charge >= 0.3 is 5.69 Å². The van der Waals surface area contributed by atoms with E-state index in [0.29, 0.717) is 5.75 Å². The van der Waals surface area contributed by atoms with Crippen LogP contribution in [-0.4, -0.2) is 16.7 Å². The van der Waals surface area contributed by atoms with E-state index in [-0.39, 0.29) is 5.69 Å². The Hall–Kier alpha value is -2.01. The molecule has 0 aliphatic heterocycles. The van der Waals surface area contributed by atoms with Gasteiger partial charge in [-0.25, -0.2) is 4.79 Å². The molecule has 0 amide bonds. The van der Waals surface area contributed by atoms with Crippen LogP contribution in [0.3, 0.4) is 0 Å². The molecular formula is C14H11BrN2O2. The molecule has 0 radical (unpaired) electrons. The van der Waals surface area contributed by atoms with Crippen LogP contribution in [0.5, 0.6) is 5.75 Å². The van der Waals surface area contributed by atoms with Crippen LogP contribution in [0.1, 0.15) is 0 Å². The van der Waals surface area contributed by atoms with Gasteiger partial charge in [-0.05, 0) is 30.3 Å². The normalized spacial score (nSPS) is 10.8. The zero-order chi connectivity index (χ0) is 13.4. The van der Waals surface area contributed by atoms with E-state index in [0.717, 1.165) is 21.2 Å². The quantitative estimate of drug-likeness (QED) is 0.789. The smallest absolute Gasteiger partial charge is 0.331 e. The number of imidazole rings is 1. The highest BCUT2D eigenvalue weighted by Crippen LogP contribution is 2.22. The molecule has 0 unspecified atom stereocenters. The lowest BCUT2D eigenvalue weighted by molar-refractivity contribution is 0.414. The van der Waals surface area contributed by atoms with E-state index in [1.54, 1.807) is 11.7 Å². The molecule has 3 aromatic rings. The van der Waals surface area contributed by atoms with E-state index in [2.05, 4.69) is 20.9 Å². The Balaban J connectivity index is 2.32. The largest absolute Gasteiger partial charge is 0.497 e. The minimum absolute atomic E-state index is 0.165. The summed E-state index contributed by atoms with van der Waals surface area (Å²) in [6.07, 6.45) is 0. The number of benzene rings is 2. The molecule has 0 saturated carbocycles. The Morgan fingerprint density at radius 1 is 1.21 bits per heavy atom. The lowest BCUT2D eigenvalue weighted by Crippen LogP contribution is -2.14. The Morgan fingerprint density at radius 2 is 2.05 bits per heavy atom. The molecule has 0 fully saturated rings. The molecule has 96 valence electrons. The Bertz CT molecular complexity index is 805. The molecule has 1 N–H and O–H groups in total. The molecule has 0 aliphatic rings. The van der Waals surface area contributed by atoms with Crippen molar-refractivity contribution >= 4 is 27.0 Å². The summed E-state index contributed by atoms with van der Waals surface area (Å²) in [4.78, 5) is 14.9. The van der Waals surface area contributed by atoms with Crippen molar-refractivity contribution in [3.05, 3.63) is 57.4 Å². The van der Waals surface area contributed by atoms with Gasteiger partial charge in [0, 0.05) is 10.5 Å². The van der Waals surface area contributed by atoms with E-state index < -0.39 is 0 Å². The van der Waals surface area contributed by atoms with Crippen LogP contribution in [-0.2, 0) is 0 Å². The molecule has 3 rings (SSSR count). The molecular weight excluding hydrogens is 308 g/mol. The molecule has 1 aromatic heterocycles. The van der Waals surface area contributed by atoms with Crippen molar-refractivity contribution in [1.29, 1.82) is 0 Å². The molecule has 19 heavy (non-hydrogen) atoms. The van der Waals surface area contributed by atoms with Crippen molar-refractivity contribution in [1.82, 2.24) is 9.55 Å². The lowest BCUT2D eigenvalue weighted by atomic mass is 10.2. The average Bonchev–Trinajstić information content (AvgIpc) is 2.74. The molecule has 0 bridgehead atoms. The maximum atomic E-state index is 12.1. The second-order valence-corrected chi connectivity index (χ2v) is 5.04. The monoisotopic (exact) mass is 318 g/mol. The third kappa shape index (κ3) is 2.06. The lowest BCUT2D eigenvalue weighted by Gasteiger charge is -2.06. The molecule has 5 heteroatoms. The van der Waals surface area contributed by atoms with Gasteiger partial charge in [-0.1, -0.05) is 22.0 Å². The van der Waals surface area contributed by atoms with Crippen LogP contribution in [0.4, 0.5) is 0 Å². The number of aromatic amines is 1. The zero-order valence-electron chi connectivity index (χ0n) is 10.2. The van der Waals surface area contributed by atoms with Crippen molar-refractivity contribution in [3.8, 4) is 11.4 Å². The zero-order valence-corrected chi connectivity index (χ0v) is 11.8. The third-order valence-corrected chi connectivity index (χ3v) is 3.45. The minimum Gasteiger partial charge on any atom is -0.497 e. The van der Waals surface area contributed by atoms with Crippen LogP contribution in [0, 0.1) is 0 Å². The number of fused-ring (bicyclic) bond motifs is 1. The van der Waals surface area contributed by atoms with Gasteiger partial charge in [0.15, 0.2) is 0 Å². The van der Waals surface area contributed by atoms with Crippen LogP contribution in [0.25, 0.3) is 16.7 Å². The van der Waals surface area contributed by atoms with E-state index in [9.17, 15) is 4.79 Å². The van der Waals surface area contributed by atoms with Crippen LogP contribution >= 0.6 is 15.9 Å². The second kappa shape index (κ2) is 4.59. The Morgan fingerprint density at radius 3 is 2.84 bits per heavy atom. The molecule has 2 aromatic carbocycles. The number of methoxy groups -OCH3 is 1. The third-order valence-electron chi connectivity index (χ3n) is 2.96. The first kappa shape index (κ1) is 12.0. The number of hydrogen-bond acceptors (Lipinski definition) is 2. The summed E-state index contributed by atoms with van der Waals surface area (Å²) in [5, 5.41) is 0. The number of H-pyrrole nitrogens is 1. The van der Waals surface area contributed by atoms with E-state index in [1.165, 1.54) is 0 Å².